The van der Waals surface area contributed by atoms with Crippen LogP contribution in [-0.2, 0) is 23.9 Å². The summed E-state index contributed by atoms with van der Waals surface area (Å²) >= 11 is 0. The van der Waals surface area contributed by atoms with E-state index >= 15 is 0 Å². The first-order valence-corrected chi connectivity index (χ1v) is 12.9. The van der Waals surface area contributed by atoms with Crippen LogP contribution < -0.4 is 4.90 Å². The second kappa shape index (κ2) is 9.98. The number of hydrogen-bond donors (Lipinski definition) is 1. The molecule has 36 heavy (non-hydrogen) atoms. The molecule has 4 rings (SSSR count). The highest BCUT2D eigenvalue weighted by atomic mass is 16.6. The zero-order valence-electron chi connectivity index (χ0n) is 21.9. The second-order valence-corrected chi connectivity index (χ2v) is 10.6. The van der Waals surface area contributed by atoms with E-state index < -0.39 is 41.6 Å². The summed E-state index contributed by atoms with van der Waals surface area (Å²) in [5, 5.41) is 10.3. The number of fused-ring (bicyclic) bond motifs is 1. The smallest absolute Gasteiger partial charge is 0.312 e. The number of anilines is 1. The Bertz CT molecular complexity index is 1050. The first-order valence-electron chi connectivity index (χ1n) is 12.9. The third kappa shape index (κ3) is 3.95. The van der Waals surface area contributed by atoms with Crippen molar-refractivity contribution in [2.45, 2.75) is 71.2 Å². The fraction of sp³-hybridized carbons (Fsp3) is 0.607. The van der Waals surface area contributed by atoms with Gasteiger partial charge in [0.1, 0.15) is 11.6 Å². The minimum atomic E-state index is -1.14. The first kappa shape index (κ1) is 26.4. The van der Waals surface area contributed by atoms with E-state index in [1.165, 1.54) is 4.90 Å². The van der Waals surface area contributed by atoms with Crippen molar-refractivity contribution in [1.82, 2.24) is 4.90 Å². The zero-order chi connectivity index (χ0) is 26.4. The summed E-state index contributed by atoms with van der Waals surface area (Å²) in [6, 6.07) is 4.33. The molecule has 3 aliphatic heterocycles. The van der Waals surface area contributed by atoms with Crippen LogP contribution in [0.5, 0.6) is 0 Å². The number of hydrogen-bond acceptors (Lipinski definition) is 6. The summed E-state index contributed by atoms with van der Waals surface area (Å²) < 4.78 is 11.8. The predicted octanol–water partition coefficient (Wildman–Crippen LogP) is 2.78. The Morgan fingerprint density at radius 3 is 2.69 bits per heavy atom. The number of carbonyl (C=O) groups excluding carboxylic acids is 3. The Kier molecular flexibility index (Phi) is 7.30. The fourth-order valence-electron chi connectivity index (χ4n) is 6.45. The SMILES string of the molecule is C=CCN(C(=O)C1N([C@@H](CO)C(C)C)C(=O)[C@@H]2[C@H](C(=O)OCC)[C@@H]3CCC12O3)c1cc(C)ccc1C. The van der Waals surface area contributed by atoms with Gasteiger partial charge in [-0.05, 0) is 56.7 Å². The molecule has 3 fully saturated rings. The van der Waals surface area contributed by atoms with Crippen LogP contribution in [0.1, 0.15) is 44.7 Å². The van der Waals surface area contributed by atoms with Gasteiger partial charge in [0.25, 0.3) is 5.91 Å². The number of likely N-dealkylation sites (tertiary alicyclic amines) is 1. The van der Waals surface area contributed by atoms with Gasteiger partial charge >= 0.3 is 5.97 Å². The number of esters is 1. The van der Waals surface area contributed by atoms with E-state index in [9.17, 15) is 19.5 Å². The molecule has 6 atom stereocenters. The van der Waals surface area contributed by atoms with E-state index in [4.69, 9.17) is 9.47 Å². The molecule has 0 aliphatic carbocycles. The lowest BCUT2D eigenvalue weighted by Crippen LogP contribution is -2.60. The standard InChI is InChI=1S/C28H38N2O6/c1-7-13-29(19-14-17(5)9-10-18(19)6)26(33)24-28-12-11-21(36-28)22(27(34)35-8-2)23(28)25(32)30(24)20(15-31)16(3)4/h7,9-10,14,16,20-24,31H,1,8,11-13,15H2,2-6H3/t20-,21-,22+,23-,24?,28?/m0/s1. The summed E-state index contributed by atoms with van der Waals surface area (Å²) in [7, 11) is 0. The summed E-state index contributed by atoms with van der Waals surface area (Å²) in [5.74, 6) is -2.76. The van der Waals surface area contributed by atoms with Crippen molar-refractivity contribution >= 4 is 23.5 Å². The van der Waals surface area contributed by atoms with Gasteiger partial charge in [0, 0.05) is 12.2 Å². The van der Waals surface area contributed by atoms with Gasteiger partial charge in [-0.15, -0.1) is 6.58 Å². The molecule has 8 nitrogen and oxygen atoms in total. The lowest BCUT2D eigenvalue weighted by atomic mass is 9.70. The van der Waals surface area contributed by atoms with Crippen molar-refractivity contribution in [3.63, 3.8) is 0 Å². The van der Waals surface area contributed by atoms with Crippen molar-refractivity contribution in [3.8, 4) is 0 Å². The third-order valence-corrected chi connectivity index (χ3v) is 8.08. The van der Waals surface area contributed by atoms with Crippen LogP contribution in [0.4, 0.5) is 5.69 Å². The van der Waals surface area contributed by atoms with Gasteiger partial charge in [-0.1, -0.05) is 32.1 Å². The van der Waals surface area contributed by atoms with Crippen LogP contribution in [-0.4, -0.2) is 71.3 Å². The number of aliphatic hydroxyl groups is 1. The molecule has 8 heteroatoms. The van der Waals surface area contributed by atoms with E-state index in [-0.39, 0.29) is 37.5 Å². The summed E-state index contributed by atoms with van der Waals surface area (Å²) in [5.41, 5.74) is 1.52. The molecule has 196 valence electrons. The molecule has 2 amide bonds. The minimum absolute atomic E-state index is 0.115. The van der Waals surface area contributed by atoms with Crippen LogP contribution in [0.2, 0.25) is 0 Å². The van der Waals surface area contributed by atoms with E-state index in [1.54, 1.807) is 17.9 Å². The van der Waals surface area contributed by atoms with Gasteiger partial charge in [-0.2, -0.15) is 0 Å². The van der Waals surface area contributed by atoms with E-state index in [0.29, 0.717) is 12.8 Å². The summed E-state index contributed by atoms with van der Waals surface area (Å²) in [6.45, 7) is 13.5. The van der Waals surface area contributed by atoms with Crippen molar-refractivity contribution < 1.29 is 29.0 Å². The Morgan fingerprint density at radius 1 is 1.36 bits per heavy atom. The quantitative estimate of drug-likeness (QED) is 0.416. The van der Waals surface area contributed by atoms with E-state index in [2.05, 4.69) is 6.58 Å². The number of aryl methyl sites for hydroxylation is 2. The number of benzene rings is 1. The normalized spacial score (nSPS) is 29.4. The third-order valence-electron chi connectivity index (χ3n) is 8.08. The Balaban J connectivity index is 1.85. The van der Waals surface area contributed by atoms with E-state index in [0.717, 1.165) is 16.8 Å². The fourth-order valence-corrected chi connectivity index (χ4v) is 6.45. The maximum absolute atomic E-state index is 14.5. The lowest BCUT2D eigenvalue weighted by Gasteiger charge is -2.40. The number of aliphatic hydroxyl groups excluding tert-OH is 1. The number of amides is 2. The Hall–Kier alpha value is -2.71. The van der Waals surface area contributed by atoms with Gasteiger partial charge in [0.2, 0.25) is 5.91 Å². The predicted molar refractivity (Wildman–Crippen MR) is 135 cm³/mol. The molecule has 3 heterocycles. The zero-order valence-corrected chi connectivity index (χ0v) is 21.9. The maximum Gasteiger partial charge on any atom is 0.312 e. The molecular weight excluding hydrogens is 460 g/mol. The highest BCUT2D eigenvalue weighted by Crippen LogP contribution is 2.59. The summed E-state index contributed by atoms with van der Waals surface area (Å²) in [6.07, 6.45) is 2.26. The van der Waals surface area contributed by atoms with Crippen LogP contribution in [0, 0.1) is 31.6 Å². The molecular formula is C28H38N2O6. The number of rotatable bonds is 9. The van der Waals surface area contributed by atoms with Gasteiger partial charge in [0.15, 0.2) is 0 Å². The Labute approximate surface area is 213 Å². The van der Waals surface area contributed by atoms with Gasteiger partial charge in [-0.3, -0.25) is 14.4 Å². The highest BCUT2D eigenvalue weighted by Gasteiger charge is 2.75. The van der Waals surface area contributed by atoms with Crippen LogP contribution in [0.15, 0.2) is 30.9 Å². The molecule has 1 N–H and O–H groups in total. The van der Waals surface area contributed by atoms with Crippen molar-refractivity contribution in [2.75, 3.05) is 24.7 Å². The van der Waals surface area contributed by atoms with E-state index in [1.807, 2.05) is 45.9 Å². The molecule has 3 aliphatic rings. The lowest BCUT2D eigenvalue weighted by molar-refractivity contribution is -0.155. The molecule has 3 saturated heterocycles. The molecule has 2 bridgehead atoms. The number of nitrogens with zero attached hydrogens (tertiary/aromatic N) is 2. The van der Waals surface area contributed by atoms with Crippen molar-refractivity contribution in [2.24, 2.45) is 17.8 Å². The van der Waals surface area contributed by atoms with Crippen molar-refractivity contribution in [1.29, 1.82) is 0 Å². The molecule has 1 aromatic carbocycles. The van der Waals surface area contributed by atoms with Crippen LogP contribution >= 0.6 is 0 Å². The van der Waals surface area contributed by atoms with Gasteiger partial charge in [0.05, 0.1) is 37.2 Å². The Morgan fingerprint density at radius 2 is 2.08 bits per heavy atom. The first-order chi connectivity index (χ1) is 17.1. The molecule has 0 radical (unpaired) electrons. The number of carbonyl (C=O) groups is 3. The monoisotopic (exact) mass is 498 g/mol. The van der Waals surface area contributed by atoms with Crippen molar-refractivity contribution in [3.05, 3.63) is 42.0 Å². The number of ether oxygens (including phenoxy) is 2. The molecule has 0 aromatic heterocycles. The van der Waals surface area contributed by atoms with Crippen LogP contribution in [0.25, 0.3) is 0 Å². The minimum Gasteiger partial charge on any atom is -0.466 e. The maximum atomic E-state index is 14.5. The summed E-state index contributed by atoms with van der Waals surface area (Å²) in [4.78, 5) is 44.8. The van der Waals surface area contributed by atoms with Gasteiger partial charge in [-0.25, -0.2) is 0 Å². The largest absolute Gasteiger partial charge is 0.466 e. The molecule has 1 aromatic rings. The highest BCUT2D eigenvalue weighted by molar-refractivity contribution is 6.05. The molecule has 2 unspecified atom stereocenters. The van der Waals surface area contributed by atoms with Gasteiger partial charge < -0.3 is 24.4 Å². The average molecular weight is 499 g/mol. The molecule has 0 saturated carbocycles. The second-order valence-electron chi connectivity index (χ2n) is 10.6. The topological polar surface area (TPSA) is 96.4 Å². The van der Waals surface area contributed by atoms with Crippen LogP contribution in [0.3, 0.4) is 0 Å². The molecule has 1 spiro atoms. The average Bonchev–Trinajstić information content (AvgIpc) is 3.47.